The van der Waals surface area contributed by atoms with Gasteiger partial charge in [-0.1, -0.05) is 29.8 Å². The summed E-state index contributed by atoms with van der Waals surface area (Å²) in [5, 5.41) is 0.167. The van der Waals surface area contributed by atoms with Crippen LogP contribution in [0, 0.1) is 5.82 Å². The zero-order valence-electron chi connectivity index (χ0n) is 13.2. The first-order valence-corrected chi connectivity index (χ1v) is 9.51. The van der Waals surface area contributed by atoms with Gasteiger partial charge in [-0.25, -0.2) is 12.8 Å². The van der Waals surface area contributed by atoms with Gasteiger partial charge in [0.15, 0.2) is 0 Å². The lowest BCUT2D eigenvalue weighted by Gasteiger charge is -2.34. The minimum atomic E-state index is -3.71. The summed E-state index contributed by atoms with van der Waals surface area (Å²) in [5.41, 5.74) is 0.252. The molecule has 132 valence electrons. The number of piperazine rings is 1. The number of carbonyl (C=O) groups is 1. The molecule has 0 bridgehead atoms. The molecule has 1 fully saturated rings. The Morgan fingerprint density at radius 1 is 1.00 bits per heavy atom. The molecule has 0 unspecified atom stereocenters. The lowest BCUT2D eigenvalue weighted by molar-refractivity contribution is 0.0697. The molecular formula is C17H16ClFN2O3S. The van der Waals surface area contributed by atoms with Crippen LogP contribution in [-0.2, 0) is 10.0 Å². The van der Waals surface area contributed by atoms with Crippen LogP contribution in [0.15, 0.2) is 53.4 Å². The van der Waals surface area contributed by atoms with Gasteiger partial charge in [0.2, 0.25) is 10.0 Å². The van der Waals surface area contributed by atoms with Crippen molar-refractivity contribution in [3.05, 3.63) is 64.9 Å². The molecule has 5 nitrogen and oxygen atoms in total. The Bertz CT molecular complexity index is 896. The van der Waals surface area contributed by atoms with Crippen molar-refractivity contribution in [3.8, 4) is 0 Å². The maximum Gasteiger partial charge on any atom is 0.254 e. The van der Waals surface area contributed by atoms with E-state index in [-0.39, 0.29) is 47.6 Å². The standard InChI is InChI=1S/C17H16ClFN2O3S/c18-15-6-1-2-7-16(15)25(23,24)21-10-8-20(9-11-21)17(22)13-4-3-5-14(19)12-13/h1-7,12H,8-11H2. The fourth-order valence-electron chi connectivity index (χ4n) is 2.73. The van der Waals surface area contributed by atoms with E-state index in [1.807, 2.05) is 0 Å². The predicted octanol–water partition coefficient (Wildman–Crippen LogP) is 2.63. The van der Waals surface area contributed by atoms with Gasteiger partial charge in [0.05, 0.1) is 5.02 Å². The summed E-state index contributed by atoms with van der Waals surface area (Å²) in [4.78, 5) is 14.0. The van der Waals surface area contributed by atoms with Crippen molar-refractivity contribution < 1.29 is 17.6 Å². The summed E-state index contributed by atoms with van der Waals surface area (Å²) in [6.45, 7) is 0.793. The van der Waals surface area contributed by atoms with Crippen LogP contribution in [0.4, 0.5) is 4.39 Å². The third kappa shape index (κ3) is 3.68. The Labute approximate surface area is 150 Å². The topological polar surface area (TPSA) is 57.7 Å². The van der Waals surface area contributed by atoms with E-state index in [2.05, 4.69) is 0 Å². The van der Waals surface area contributed by atoms with E-state index in [1.54, 1.807) is 12.1 Å². The van der Waals surface area contributed by atoms with Crippen molar-refractivity contribution in [1.29, 1.82) is 0 Å². The van der Waals surface area contributed by atoms with E-state index in [0.717, 1.165) is 0 Å². The minimum Gasteiger partial charge on any atom is -0.336 e. The number of amides is 1. The van der Waals surface area contributed by atoms with E-state index >= 15 is 0 Å². The summed E-state index contributed by atoms with van der Waals surface area (Å²) in [7, 11) is -3.71. The van der Waals surface area contributed by atoms with Gasteiger partial charge in [-0.05, 0) is 30.3 Å². The fourth-order valence-corrected chi connectivity index (χ4v) is 4.64. The second-order valence-electron chi connectivity index (χ2n) is 5.64. The summed E-state index contributed by atoms with van der Waals surface area (Å²) >= 11 is 6.00. The van der Waals surface area contributed by atoms with Crippen LogP contribution in [0.25, 0.3) is 0 Å². The van der Waals surface area contributed by atoms with Crippen LogP contribution in [0.2, 0.25) is 5.02 Å². The van der Waals surface area contributed by atoms with Gasteiger partial charge in [0.1, 0.15) is 10.7 Å². The molecule has 3 rings (SSSR count). The number of rotatable bonds is 3. The lowest BCUT2D eigenvalue weighted by atomic mass is 10.2. The Hall–Kier alpha value is -1.96. The van der Waals surface area contributed by atoms with Crippen LogP contribution in [0.5, 0.6) is 0 Å². The zero-order chi connectivity index (χ0) is 18.0. The Morgan fingerprint density at radius 3 is 2.32 bits per heavy atom. The first kappa shape index (κ1) is 17.8. The van der Waals surface area contributed by atoms with Gasteiger partial charge in [0, 0.05) is 31.7 Å². The van der Waals surface area contributed by atoms with Crippen LogP contribution >= 0.6 is 11.6 Å². The van der Waals surface area contributed by atoms with E-state index in [9.17, 15) is 17.6 Å². The monoisotopic (exact) mass is 382 g/mol. The van der Waals surface area contributed by atoms with E-state index < -0.39 is 15.8 Å². The first-order chi connectivity index (χ1) is 11.9. The van der Waals surface area contributed by atoms with E-state index in [1.165, 1.54) is 45.6 Å². The molecule has 0 atom stereocenters. The van der Waals surface area contributed by atoms with Crippen molar-refractivity contribution in [1.82, 2.24) is 9.21 Å². The Kier molecular flexibility index (Phi) is 5.08. The molecule has 0 aliphatic carbocycles. The molecule has 1 amide bonds. The SMILES string of the molecule is O=C(c1cccc(F)c1)N1CCN(S(=O)(=O)c2ccccc2Cl)CC1. The second-order valence-corrected chi connectivity index (χ2v) is 7.95. The molecule has 0 N–H and O–H groups in total. The van der Waals surface area contributed by atoms with Crippen molar-refractivity contribution in [2.75, 3.05) is 26.2 Å². The molecule has 0 spiro atoms. The second kappa shape index (κ2) is 7.11. The van der Waals surface area contributed by atoms with Gasteiger partial charge in [-0.2, -0.15) is 4.31 Å². The number of carbonyl (C=O) groups excluding carboxylic acids is 1. The largest absolute Gasteiger partial charge is 0.336 e. The molecule has 25 heavy (non-hydrogen) atoms. The molecule has 8 heteroatoms. The number of benzene rings is 2. The maximum absolute atomic E-state index is 13.3. The predicted molar refractivity (Wildman–Crippen MR) is 92.5 cm³/mol. The fraction of sp³-hybridized carbons (Fsp3) is 0.235. The molecule has 2 aromatic carbocycles. The van der Waals surface area contributed by atoms with E-state index in [0.29, 0.717) is 0 Å². The maximum atomic E-state index is 13.3. The van der Waals surface area contributed by atoms with Gasteiger partial charge < -0.3 is 4.90 Å². The first-order valence-electron chi connectivity index (χ1n) is 7.69. The number of hydrogen-bond acceptors (Lipinski definition) is 3. The average Bonchev–Trinajstić information content (AvgIpc) is 2.61. The molecular weight excluding hydrogens is 367 g/mol. The van der Waals surface area contributed by atoms with Crippen molar-refractivity contribution in [2.45, 2.75) is 4.90 Å². The summed E-state index contributed by atoms with van der Waals surface area (Å²) in [5.74, 6) is -0.792. The van der Waals surface area contributed by atoms with Crippen molar-refractivity contribution in [3.63, 3.8) is 0 Å². The molecule has 0 radical (unpaired) electrons. The van der Waals surface area contributed by atoms with Gasteiger partial charge >= 0.3 is 0 Å². The number of nitrogens with zero attached hydrogens (tertiary/aromatic N) is 2. The van der Waals surface area contributed by atoms with Crippen LogP contribution in [-0.4, -0.2) is 49.7 Å². The Morgan fingerprint density at radius 2 is 1.68 bits per heavy atom. The molecule has 0 saturated carbocycles. The highest BCUT2D eigenvalue weighted by molar-refractivity contribution is 7.89. The highest BCUT2D eigenvalue weighted by atomic mass is 35.5. The highest BCUT2D eigenvalue weighted by Crippen LogP contribution is 2.25. The van der Waals surface area contributed by atoms with Gasteiger partial charge in [-0.15, -0.1) is 0 Å². The van der Waals surface area contributed by atoms with Crippen LogP contribution in [0.1, 0.15) is 10.4 Å². The quantitative estimate of drug-likeness (QED) is 0.820. The third-order valence-corrected chi connectivity index (χ3v) is 6.45. The summed E-state index contributed by atoms with van der Waals surface area (Å²) < 4.78 is 40.0. The lowest BCUT2D eigenvalue weighted by Crippen LogP contribution is -2.50. The van der Waals surface area contributed by atoms with E-state index in [4.69, 9.17) is 11.6 Å². The minimum absolute atomic E-state index is 0.0570. The Balaban J connectivity index is 1.72. The normalized spacial score (nSPS) is 16.0. The zero-order valence-corrected chi connectivity index (χ0v) is 14.8. The molecule has 0 aromatic heterocycles. The van der Waals surface area contributed by atoms with Crippen molar-refractivity contribution >= 4 is 27.5 Å². The van der Waals surface area contributed by atoms with Crippen LogP contribution < -0.4 is 0 Å². The number of sulfonamides is 1. The van der Waals surface area contributed by atoms with Gasteiger partial charge in [-0.3, -0.25) is 4.79 Å². The smallest absolute Gasteiger partial charge is 0.254 e. The molecule has 1 aliphatic rings. The average molecular weight is 383 g/mol. The molecule has 1 heterocycles. The highest BCUT2D eigenvalue weighted by Gasteiger charge is 2.31. The number of hydrogen-bond donors (Lipinski definition) is 0. The third-order valence-electron chi connectivity index (χ3n) is 4.05. The molecule has 1 aliphatic heterocycles. The van der Waals surface area contributed by atoms with Crippen LogP contribution in [0.3, 0.4) is 0 Å². The van der Waals surface area contributed by atoms with Crippen molar-refractivity contribution in [2.24, 2.45) is 0 Å². The summed E-state index contributed by atoms with van der Waals surface area (Å²) in [6, 6.07) is 11.7. The summed E-state index contributed by atoms with van der Waals surface area (Å²) in [6.07, 6.45) is 0. The van der Waals surface area contributed by atoms with Gasteiger partial charge in [0.25, 0.3) is 5.91 Å². The molecule has 2 aromatic rings. The molecule has 1 saturated heterocycles. The number of halogens is 2.